The van der Waals surface area contributed by atoms with Crippen LogP contribution in [-0.2, 0) is 9.59 Å². The molecule has 2 amide bonds. The van der Waals surface area contributed by atoms with Gasteiger partial charge in [0.25, 0.3) is 11.6 Å². The van der Waals surface area contributed by atoms with Gasteiger partial charge in [-0.1, -0.05) is 0 Å². The van der Waals surface area contributed by atoms with Crippen molar-refractivity contribution in [2.24, 2.45) is 0 Å². The molecule has 11 nitrogen and oxygen atoms in total. The third-order valence-electron chi connectivity index (χ3n) is 5.96. The molecule has 1 atom stereocenters. The highest BCUT2D eigenvalue weighted by atomic mass is 16.7. The Kier molecular flexibility index (Phi) is 5.10. The molecule has 0 aliphatic carbocycles. The molecule has 2 saturated heterocycles. The number of ether oxygens (including phenoxy) is 2. The van der Waals surface area contributed by atoms with Crippen LogP contribution in [0.3, 0.4) is 0 Å². The molecule has 0 spiro atoms. The predicted octanol–water partition coefficient (Wildman–Crippen LogP) is 1.61. The number of fused-ring (bicyclic) bond motifs is 1. The van der Waals surface area contributed by atoms with E-state index in [0.717, 1.165) is 12.8 Å². The fourth-order valence-electron chi connectivity index (χ4n) is 4.29. The smallest absolute Gasteiger partial charge is 0.287 e. The van der Waals surface area contributed by atoms with Crippen LogP contribution in [0.5, 0.6) is 11.5 Å². The summed E-state index contributed by atoms with van der Waals surface area (Å²) in [5.41, 5.74) is 0.439. The number of anilines is 2. The zero-order valence-electron chi connectivity index (χ0n) is 17.1. The van der Waals surface area contributed by atoms with Crippen molar-refractivity contribution in [1.82, 2.24) is 10.3 Å². The van der Waals surface area contributed by atoms with Crippen molar-refractivity contribution in [2.45, 2.75) is 31.3 Å². The van der Waals surface area contributed by atoms with E-state index in [2.05, 4.69) is 15.2 Å². The van der Waals surface area contributed by atoms with Crippen molar-refractivity contribution >= 4 is 29.0 Å². The molecule has 11 heteroatoms. The van der Waals surface area contributed by atoms with Crippen LogP contribution in [0, 0.1) is 10.1 Å². The number of hydrogen-bond acceptors (Lipinski definition) is 9. The molecule has 1 aromatic heterocycles. The summed E-state index contributed by atoms with van der Waals surface area (Å²) < 4.78 is 10.6. The average molecular weight is 439 g/mol. The van der Waals surface area contributed by atoms with Crippen molar-refractivity contribution in [3.05, 3.63) is 46.6 Å². The summed E-state index contributed by atoms with van der Waals surface area (Å²) in [5.74, 6) is 1.28. The summed E-state index contributed by atoms with van der Waals surface area (Å²) in [6.07, 6.45) is 2.89. The maximum Gasteiger partial charge on any atom is 0.287 e. The first-order chi connectivity index (χ1) is 15.5. The van der Waals surface area contributed by atoms with E-state index in [9.17, 15) is 19.7 Å². The molecule has 2 fully saturated rings. The maximum atomic E-state index is 13.0. The molecular weight excluding hydrogens is 418 g/mol. The monoisotopic (exact) mass is 439 g/mol. The van der Waals surface area contributed by atoms with Crippen LogP contribution >= 0.6 is 0 Å². The van der Waals surface area contributed by atoms with Gasteiger partial charge in [0.2, 0.25) is 12.7 Å². The van der Waals surface area contributed by atoms with Crippen LogP contribution in [-0.4, -0.2) is 53.7 Å². The molecule has 4 heterocycles. The van der Waals surface area contributed by atoms with Crippen LogP contribution in [0.25, 0.3) is 0 Å². The van der Waals surface area contributed by atoms with Crippen LogP contribution in [0.4, 0.5) is 17.2 Å². The van der Waals surface area contributed by atoms with Gasteiger partial charge in [0.15, 0.2) is 11.5 Å². The SMILES string of the molecule is O=C1C[C@H](NC2CCN(c3ccc([N+](=O)[O-])cn3)CC2)C(=O)N1c1ccc2c(c1)OCO2. The van der Waals surface area contributed by atoms with Crippen LogP contribution in [0.1, 0.15) is 19.3 Å². The normalized spacial score (nSPS) is 20.8. The number of carbonyl (C=O) groups excluding carboxylic acids is 2. The molecule has 0 saturated carbocycles. The molecule has 1 aromatic carbocycles. The van der Waals surface area contributed by atoms with Gasteiger partial charge in [-0.25, -0.2) is 9.88 Å². The predicted molar refractivity (Wildman–Crippen MR) is 113 cm³/mol. The highest BCUT2D eigenvalue weighted by Crippen LogP contribution is 2.37. The van der Waals surface area contributed by atoms with Gasteiger partial charge in [0, 0.05) is 31.3 Å². The van der Waals surface area contributed by atoms with Crippen molar-refractivity contribution in [3.8, 4) is 11.5 Å². The number of nitro groups is 1. The minimum atomic E-state index is -0.568. The highest BCUT2D eigenvalue weighted by molar-refractivity contribution is 6.22. The van der Waals surface area contributed by atoms with Gasteiger partial charge in [-0.2, -0.15) is 0 Å². The Morgan fingerprint density at radius 1 is 1.09 bits per heavy atom. The fraction of sp³-hybridized carbons (Fsp3) is 0.381. The summed E-state index contributed by atoms with van der Waals surface area (Å²) in [4.78, 5) is 43.3. The van der Waals surface area contributed by atoms with Crippen molar-refractivity contribution in [2.75, 3.05) is 29.7 Å². The number of rotatable bonds is 5. The quantitative estimate of drug-likeness (QED) is 0.420. The molecule has 5 rings (SSSR count). The molecule has 3 aliphatic rings. The summed E-state index contributed by atoms with van der Waals surface area (Å²) >= 11 is 0. The Morgan fingerprint density at radius 3 is 2.59 bits per heavy atom. The summed E-state index contributed by atoms with van der Waals surface area (Å²) in [5, 5.41) is 14.1. The van der Waals surface area contributed by atoms with E-state index < -0.39 is 11.0 Å². The Morgan fingerprint density at radius 2 is 1.88 bits per heavy atom. The third kappa shape index (κ3) is 3.71. The Labute approximate surface area is 183 Å². The molecule has 2 aromatic rings. The fourth-order valence-corrected chi connectivity index (χ4v) is 4.29. The van der Waals surface area contributed by atoms with Gasteiger partial charge in [-0.05, 0) is 31.0 Å². The van der Waals surface area contributed by atoms with Gasteiger partial charge >= 0.3 is 0 Å². The third-order valence-corrected chi connectivity index (χ3v) is 5.96. The summed E-state index contributed by atoms with van der Waals surface area (Å²) in [6.45, 7) is 1.52. The van der Waals surface area contributed by atoms with Gasteiger partial charge in [-0.3, -0.25) is 19.7 Å². The van der Waals surface area contributed by atoms with E-state index in [0.29, 0.717) is 36.1 Å². The first-order valence-electron chi connectivity index (χ1n) is 10.4. The number of nitrogens with one attached hydrogen (secondary N) is 1. The van der Waals surface area contributed by atoms with E-state index in [1.54, 1.807) is 24.3 Å². The highest BCUT2D eigenvalue weighted by Gasteiger charge is 2.41. The van der Waals surface area contributed by atoms with Gasteiger partial charge in [-0.15, -0.1) is 0 Å². The van der Waals surface area contributed by atoms with Crippen LogP contribution in [0.2, 0.25) is 0 Å². The average Bonchev–Trinajstić information content (AvgIpc) is 3.37. The number of pyridine rings is 1. The number of imide groups is 1. The zero-order valence-corrected chi connectivity index (χ0v) is 17.1. The summed E-state index contributed by atoms with van der Waals surface area (Å²) in [6, 6.07) is 7.64. The van der Waals surface area contributed by atoms with Crippen molar-refractivity contribution in [1.29, 1.82) is 0 Å². The largest absolute Gasteiger partial charge is 0.454 e. The first kappa shape index (κ1) is 20.2. The Bertz CT molecular complexity index is 1070. The van der Waals surface area contributed by atoms with Gasteiger partial charge in [0.05, 0.1) is 23.1 Å². The molecule has 0 radical (unpaired) electrons. The lowest BCUT2D eigenvalue weighted by atomic mass is 10.0. The standard InChI is InChI=1S/C21H21N5O6/c27-20-10-16(21(28)25(20)14-1-3-17-18(9-14)32-12-31-17)23-13-5-7-24(8-6-13)19-4-2-15(11-22-19)26(29)30/h1-4,9,11,13,16,23H,5-8,10,12H2/t16-/m0/s1. The lowest BCUT2D eigenvalue weighted by Crippen LogP contribution is -2.49. The van der Waals surface area contributed by atoms with E-state index >= 15 is 0 Å². The number of hydrogen-bond donors (Lipinski definition) is 1. The molecule has 0 unspecified atom stereocenters. The topological polar surface area (TPSA) is 127 Å². The Balaban J connectivity index is 1.19. The minimum absolute atomic E-state index is 0.0401. The molecule has 3 aliphatic heterocycles. The van der Waals surface area contributed by atoms with Gasteiger partial charge < -0.3 is 19.7 Å². The van der Waals surface area contributed by atoms with Crippen LogP contribution < -0.4 is 24.6 Å². The number of piperidine rings is 1. The number of benzene rings is 1. The zero-order chi connectivity index (χ0) is 22.2. The Hall–Kier alpha value is -3.73. The number of amides is 2. The van der Waals surface area contributed by atoms with Gasteiger partial charge in [0.1, 0.15) is 12.0 Å². The molecule has 32 heavy (non-hydrogen) atoms. The molecule has 0 bridgehead atoms. The minimum Gasteiger partial charge on any atom is -0.454 e. The molecular formula is C21H21N5O6. The second-order valence-corrected chi connectivity index (χ2v) is 7.92. The second kappa shape index (κ2) is 8.08. The van der Waals surface area contributed by atoms with Crippen molar-refractivity contribution in [3.63, 3.8) is 0 Å². The number of nitrogens with zero attached hydrogens (tertiary/aromatic N) is 4. The second-order valence-electron chi connectivity index (χ2n) is 7.92. The molecule has 1 N–H and O–H groups in total. The maximum absolute atomic E-state index is 13.0. The lowest BCUT2D eigenvalue weighted by Gasteiger charge is -2.34. The van der Waals surface area contributed by atoms with Crippen LogP contribution in [0.15, 0.2) is 36.5 Å². The van der Waals surface area contributed by atoms with E-state index in [1.165, 1.54) is 17.2 Å². The lowest BCUT2D eigenvalue weighted by molar-refractivity contribution is -0.385. The number of carbonyl (C=O) groups is 2. The van der Waals surface area contributed by atoms with E-state index in [1.807, 2.05) is 0 Å². The molecule has 166 valence electrons. The van der Waals surface area contributed by atoms with E-state index in [4.69, 9.17) is 9.47 Å². The van der Waals surface area contributed by atoms with E-state index in [-0.39, 0.29) is 36.8 Å². The van der Waals surface area contributed by atoms with Crippen molar-refractivity contribution < 1.29 is 24.0 Å². The number of aromatic nitrogens is 1. The first-order valence-corrected chi connectivity index (χ1v) is 10.4. The summed E-state index contributed by atoms with van der Waals surface area (Å²) in [7, 11) is 0.